The summed E-state index contributed by atoms with van der Waals surface area (Å²) in [6, 6.07) is 13.8. The van der Waals surface area contributed by atoms with Gasteiger partial charge in [0, 0.05) is 25.7 Å². The van der Waals surface area contributed by atoms with E-state index in [0.717, 1.165) is 24.1 Å². The van der Waals surface area contributed by atoms with E-state index in [4.69, 9.17) is 0 Å². The second kappa shape index (κ2) is 8.60. The van der Waals surface area contributed by atoms with Gasteiger partial charge in [-0.2, -0.15) is 9.40 Å². The number of amides is 1. The summed E-state index contributed by atoms with van der Waals surface area (Å²) in [5.74, 6) is -0.230. The standard InChI is InChI=1S/C22H25N5O3S/c1-17(18-8-10-20(11-9-18)27-16-23-15-24-27)25(2)22(28)19-6-5-7-21(14-19)31(29,30)26-12-3-4-13-26/h5-11,14-17H,3-4,12-13H2,1-2H3. The van der Waals surface area contributed by atoms with Crippen molar-refractivity contribution in [3.8, 4) is 5.69 Å². The highest BCUT2D eigenvalue weighted by atomic mass is 32.2. The van der Waals surface area contributed by atoms with Crippen LogP contribution in [0, 0.1) is 0 Å². The predicted octanol–water partition coefficient (Wildman–Crippen LogP) is 2.89. The van der Waals surface area contributed by atoms with Gasteiger partial charge in [-0.05, 0) is 55.7 Å². The maximum Gasteiger partial charge on any atom is 0.254 e. The maximum atomic E-state index is 13.1. The fraction of sp³-hybridized carbons (Fsp3) is 0.318. The van der Waals surface area contributed by atoms with E-state index in [1.807, 2.05) is 31.2 Å². The number of nitrogens with zero attached hydrogens (tertiary/aromatic N) is 5. The fourth-order valence-electron chi connectivity index (χ4n) is 3.72. The molecule has 9 heteroatoms. The first kappa shape index (κ1) is 21.2. The van der Waals surface area contributed by atoms with Gasteiger partial charge in [-0.1, -0.05) is 18.2 Å². The van der Waals surface area contributed by atoms with Crippen LogP contribution >= 0.6 is 0 Å². The van der Waals surface area contributed by atoms with Crippen LogP contribution in [-0.2, 0) is 10.0 Å². The van der Waals surface area contributed by atoms with Gasteiger partial charge in [0.15, 0.2) is 0 Å². The summed E-state index contributed by atoms with van der Waals surface area (Å²) in [4.78, 5) is 18.8. The van der Waals surface area contributed by atoms with E-state index < -0.39 is 10.0 Å². The van der Waals surface area contributed by atoms with E-state index in [-0.39, 0.29) is 16.8 Å². The third kappa shape index (κ3) is 4.24. The molecule has 1 amide bonds. The molecule has 1 aromatic heterocycles. The number of hydrogen-bond acceptors (Lipinski definition) is 5. The number of rotatable bonds is 6. The second-order valence-corrected chi connectivity index (χ2v) is 9.60. The smallest absolute Gasteiger partial charge is 0.254 e. The van der Waals surface area contributed by atoms with E-state index in [1.54, 1.807) is 41.2 Å². The third-order valence-electron chi connectivity index (χ3n) is 5.74. The number of benzene rings is 2. The highest BCUT2D eigenvalue weighted by Gasteiger charge is 2.28. The molecule has 1 fully saturated rings. The molecule has 0 saturated carbocycles. The normalized spacial score (nSPS) is 15.7. The summed E-state index contributed by atoms with van der Waals surface area (Å²) >= 11 is 0. The van der Waals surface area contributed by atoms with Gasteiger partial charge in [-0.25, -0.2) is 18.1 Å². The lowest BCUT2D eigenvalue weighted by Gasteiger charge is -2.26. The van der Waals surface area contributed by atoms with Crippen LogP contribution < -0.4 is 0 Å². The quantitative estimate of drug-likeness (QED) is 0.589. The minimum Gasteiger partial charge on any atom is -0.335 e. The van der Waals surface area contributed by atoms with Crippen LogP contribution in [0.4, 0.5) is 0 Å². The highest BCUT2D eigenvalue weighted by molar-refractivity contribution is 7.89. The Labute approximate surface area is 182 Å². The van der Waals surface area contributed by atoms with Crippen LogP contribution in [0.5, 0.6) is 0 Å². The van der Waals surface area contributed by atoms with Gasteiger partial charge in [-0.3, -0.25) is 4.79 Å². The molecular formula is C22H25N5O3S. The first-order valence-corrected chi connectivity index (χ1v) is 11.6. The van der Waals surface area contributed by atoms with Crippen LogP contribution in [-0.4, -0.2) is 58.4 Å². The van der Waals surface area contributed by atoms with Gasteiger partial charge in [0.05, 0.1) is 16.6 Å². The van der Waals surface area contributed by atoms with E-state index >= 15 is 0 Å². The predicted molar refractivity (Wildman–Crippen MR) is 116 cm³/mol. The van der Waals surface area contributed by atoms with E-state index in [0.29, 0.717) is 18.7 Å². The largest absolute Gasteiger partial charge is 0.335 e. The van der Waals surface area contributed by atoms with E-state index in [2.05, 4.69) is 10.1 Å². The molecule has 8 nitrogen and oxygen atoms in total. The molecule has 0 spiro atoms. The SMILES string of the molecule is CC(c1ccc(-n2cncn2)cc1)N(C)C(=O)c1cccc(S(=O)(=O)N2CCCC2)c1. The van der Waals surface area contributed by atoms with Crippen molar-refractivity contribution >= 4 is 15.9 Å². The van der Waals surface area contributed by atoms with Gasteiger partial charge >= 0.3 is 0 Å². The number of carbonyl (C=O) groups is 1. The summed E-state index contributed by atoms with van der Waals surface area (Å²) in [5.41, 5.74) is 2.19. The molecule has 0 N–H and O–H groups in total. The molecule has 3 aromatic rings. The lowest BCUT2D eigenvalue weighted by atomic mass is 10.1. The van der Waals surface area contributed by atoms with Gasteiger partial charge in [0.2, 0.25) is 10.0 Å². The molecule has 1 atom stereocenters. The number of aromatic nitrogens is 3. The van der Waals surface area contributed by atoms with Gasteiger partial charge < -0.3 is 4.90 Å². The minimum atomic E-state index is -3.57. The van der Waals surface area contributed by atoms with Crippen LogP contribution in [0.15, 0.2) is 66.1 Å². The van der Waals surface area contributed by atoms with Crippen molar-refractivity contribution in [2.24, 2.45) is 0 Å². The Hall–Kier alpha value is -3.04. The van der Waals surface area contributed by atoms with Gasteiger partial charge in [-0.15, -0.1) is 0 Å². The summed E-state index contributed by atoms with van der Waals surface area (Å²) in [6.45, 7) is 3.00. The van der Waals surface area contributed by atoms with Crippen molar-refractivity contribution < 1.29 is 13.2 Å². The molecule has 0 radical (unpaired) electrons. The molecular weight excluding hydrogens is 414 g/mol. The third-order valence-corrected chi connectivity index (χ3v) is 7.64. The Morgan fingerprint density at radius 1 is 1.10 bits per heavy atom. The molecule has 1 aliphatic heterocycles. The van der Waals surface area contributed by atoms with Crippen LogP contribution in [0.2, 0.25) is 0 Å². The highest BCUT2D eigenvalue weighted by Crippen LogP contribution is 2.25. The minimum absolute atomic E-state index is 0.165. The zero-order chi connectivity index (χ0) is 22.0. The van der Waals surface area contributed by atoms with Crippen molar-refractivity contribution in [2.45, 2.75) is 30.7 Å². The number of hydrogen-bond donors (Lipinski definition) is 0. The van der Waals surface area contributed by atoms with Gasteiger partial charge in [0.1, 0.15) is 12.7 Å². The topological polar surface area (TPSA) is 88.4 Å². The molecule has 162 valence electrons. The van der Waals surface area contributed by atoms with Crippen molar-refractivity contribution in [1.82, 2.24) is 24.0 Å². The average molecular weight is 440 g/mol. The maximum absolute atomic E-state index is 13.1. The number of sulfonamides is 1. The lowest BCUT2D eigenvalue weighted by molar-refractivity contribution is 0.0742. The monoisotopic (exact) mass is 439 g/mol. The summed E-state index contributed by atoms with van der Waals surface area (Å²) in [6.07, 6.45) is 4.83. The molecule has 1 unspecified atom stereocenters. The lowest BCUT2D eigenvalue weighted by Crippen LogP contribution is -2.30. The Morgan fingerprint density at radius 3 is 2.45 bits per heavy atom. The molecule has 0 aliphatic carbocycles. The van der Waals surface area contributed by atoms with Crippen molar-refractivity contribution in [3.05, 3.63) is 72.3 Å². The summed E-state index contributed by atoms with van der Waals surface area (Å²) in [7, 11) is -1.85. The number of carbonyl (C=O) groups excluding carboxylic acids is 1. The zero-order valence-corrected chi connectivity index (χ0v) is 18.4. The molecule has 31 heavy (non-hydrogen) atoms. The fourth-order valence-corrected chi connectivity index (χ4v) is 5.28. The first-order valence-electron chi connectivity index (χ1n) is 10.2. The Balaban J connectivity index is 1.52. The molecule has 4 rings (SSSR count). The Bertz CT molecular complexity index is 1150. The van der Waals surface area contributed by atoms with Crippen molar-refractivity contribution in [3.63, 3.8) is 0 Å². The second-order valence-electron chi connectivity index (χ2n) is 7.66. The van der Waals surface area contributed by atoms with Crippen LogP contribution in [0.1, 0.15) is 41.7 Å². The van der Waals surface area contributed by atoms with Crippen molar-refractivity contribution in [1.29, 1.82) is 0 Å². The Kier molecular flexibility index (Phi) is 5.88. The zero-order valence-electron chi connectivity index (χ0n) is 17.5. The van der Waals surface area contributed by atoms with E-state index in [1.165, 1.54) is 16.7 Å². The Morgan fingerprint density at radius 2 is 1.81 bits per heavy atom. The molecule has 0 bridgehead atoms. The van der Waals surface area contributed by atoms with Crippen molar-refractivity contribution in [2.75, 3.05) is 20.1 Å². The average Bonchev–Trinajstić information content (AvgIpc) is 3.52. The van der Waals surface area contributed by atoms with Crippen LogP contribution in [0.3, 0.4) is 0 Å². The van der Waals surface area contributed by atoms with E-state index in [9.17, 15) is 13.2 Å². The van der Waals surface area contributed by atoms with Crippen LogP contribution in [0.25, 0.3) is 5.69 Å². The summed E-state index contributed by atoms with van der Waals surface area (Å²) in [5, 5.41) is 4.11. The van der Waals surface area contributed by atoms with Gasteiger partial charge in [0.25, 0.3) is 5.91 Å². The summed E-state index contributed by atoms with van der Waals surface area (Å²) < 4.78 is 28.9. The molecule has 2 aromatic carbocycles. The molecule has 2 heterocycles. The molecule has 1 aliphatic rings. The first-order chi connectivity index (χ1) is 14.9. The molecule has 1 saturated heterocycles.